The molecule has 0 bridgehead atoms. The highest BCUT2D eigenvalue weighted by molar-refractivity contribution is 6.09. The maximum absolute atomic E-state index is 13.5. The number of carbonyl (C=O) groups excluding carboxylic acids is 3. The quantitative estimate of drug-likeness (QED) is 0.179. The van der Waals surface area contributed by atoms with Crippen LogP contribution in [0.3, 0.4) is 0 Å². The Morgan fingerprint density at radius 3 is 2.15 bits per heavy atom. The number of methoxy groups -OCH3 is 1. The summed E-state index contributed by atoms with van der Waals surface area (Å²) in [5, 5.41) is 30.7. The molecule has 9 nitrogen and oxygen atoms in total. The standard InChI is InChI=1S/C31H42N2O7/c1-5-7-9-21(8-6-2)19(3)28(36)22-15-23(30(32)38)17-24(16-22)31(39)33-26(29(37)27(35)18-40-4)14-20-10-12-25(34)13-11-20/h10-13,15-17,19,21,27,29,34-35,37H,5-9,14,18H2,1-4H3,(H2,32,38). The van der Waals surface area contributed by atoms with Gasteiger partial charge < -0.3 is 25.8 Å². The van der Waals surface area contributed by atoms with Crippen molar-refractivity contribution in [3.05, 3.63) is 64.7 Å². The van der Waals surface area contributed by atoms with Crippen molar-refractivity contribution in [2.75, 3.05) is 13.7 Å². The number of nitrogens with two attached hydrogens (primary N) is 1. The normalized spacial score (nSPS) is 14.8. The number of carbonyl (C=O) groups is 3. The molecule has 9 heteroatoms. The van der Waals surface area contributed by atoms with Crippen LogP contribution < -0.4 is 5.73 Å². The predicted molar refractivity (Wildman–Crippen MR) is 154 cm³/mol. The Hall–Kier alpha value is -3.40. The van der Waals surface area contributed by atoms with E-state index in [4.69, 9.17) is 10.5 Å². The van der Waals surface area contributed by atoms with Crippen molar-refractivity contribution in [2.24, 2.45) is 22.6 Å². The summed E-state index contributed by atoms with van der Waals surface area (Å²) in [4.78, 5) is 43.1. The zero-order chi connectivity index (χ0) is 29.8. The first-order valence-electron chi connectivity index (χ1n) is 13.8. The van der Waals surface area contributed by atoms with Gasteiger partial charge in [-0.1, -0.05) is 58.6 Å². The zero-order valence-corrected chi connectivity index (χ0v) is 23.8. The molecule has 0 aliphatic rings. The topological polar surface area (TPSA) is 160 Å². The Bertz CT molecular complexity index is 1180. The number of benzene rings is 2. The van der Waals surface area contributed by atoms with E-state index < -0.39 is 24.0 Å². The number of Topliss-reactive ketones (excluding diaryl/α,β-unsaturated/α-hetero) is 1. The predicted octanol–water partition coefficient (Wildman–Crippen LogP) is 4.11. The average Bonchev–Trinajstić information content (AvgIpc) is 2.94. The third-order valence-electron chi connectivity index (χ3n) is 7.07. The van der Waals surface area contributed by atoms with Gasteiger partial charge >= 0.3 is 0 Å². The number of aliphatic hydroxyl groups excluding tert-OH is 2. The molecule has 0 spiro atoms. The largest absolute Gasteiger partial charge is 0.508 e. The second-order valence-corrected chi connectivity index (χ2v) is 10.2. The molecule has 2 aromatic carbocycles. The molecule has 4 atom stereocenters. The highest BCUT2D eigenvalue weighted by Crippen LogP contribution is 2.28. The van der Waals surface area contributed by atoms with Gasteiger partial charge in [-0.25, -0.2) is 4.99 Å². The molecule has 0 aliphatic carbocycles. The molecule has 5 N–H and O–H groups in total. The van der Waals surface area contributed by atoms with Gasteiger partial charge in [-0.2, -0.15) is 0 Å². The third-order valence-corrected chi connectivity index (χ3v) is 7.07. The number of hydrogen-bond acceptors (Lipinski definition) is 7. The van der Waals surface area contributed by atoms with Crippen LogP contribution in [0.5, 0.6) is 5.75 Å². The summed E-state index contributed by atoms with van der Waals surface area (Å²) in [6.07, 6.45) is 1.85. The highest BCUT2D eigenvalue weighted by atomic mass is 16.5. The fraction of sp³-hybridized carbons (Fsp3) is 0.484. The van der Waals surface area contributed by atoms with Crippen LogP contribution in [0.1, 0.15) is 89.5 Å². The Morgan fingerprint density at radius 2 is 1.57 bits per heavy atom. The van der Waals surface area contributed by atoms with E-state index in [1.54, 1.807) is 12.1 Å². The molecule has 4 unspecified atom stereocenters. The summed E-state index contributed by atoms with van der Waals surface area (Å²) in [5.74, 6) is -1.90. The van der Waals surface area contributed by atoms with E-state index in [1.165, 1.54) is 37.4 Å². The van der Waals surface area contributed by atoms with Crippen molar-refractivity contribution in [2.45, 2.75) is 71.5 Å². The first-order chi connectivity index (χ1) is 19.0. The number of amides is 2. The number of ether oxygens (including phenoxy) is 1. The van der Waals surface area contributed by atoms with Gasteiger partial charge in [0.15, 0.2) is 5.78 Å². The lowest BCUT2D eigenvalue weighted by Crippen LogP contribution is -2.38. The van der Waals surface area contributed by atoms with Crippen LogP contribution >= 0.6 is 0 Å². The number of phenols is 1. The van der Waals surface area contributed by atoms with Crippen molar-refractivity contribution in [3.63, 3.8) is 0 Å². The van der Waals surface area contributed by atoms with Crippen LogP contribution in [0.4, 0.5) is 0 Å². The first kappa shape index (κ1) is 32.8. The summed E-state index contributed by atoms with van der Waals surface area (Å²) < 4.78 is 4.93. The van der Waals surface area contributed by atoms with E-state index in [0.29, 0.717) is 5.56 Å². The molecular weight excluding hydrogens is 512 g/mol. The van der Waals surface area contributed by atoms with Gasteiger partial charge in [0.25, 0.3) is 5.91 Å². The van der Waals surface area contributed by atoms with E-state index in [1.807, 2.05) is 6.92 Å². The molecule has 218 valence electrons. The number of primary amides is 1. The van der Waals surface area contributed by atoms with Crippen LogP contribution in [-0.4, -0.2) is 64.6 Å². The molecular formula is C31H42N2O7. The lowest BCUT2D eigenvalue weighted by molar-refractivity contribution is 0.00193. The number of aromatic hydroxyl groups is 1. The van der Waals surface area contributed by atoms with Crippen molar-refractivity contribution < 1.29 is 34.4 Å². The maximum Gasteiger partial charge on any atom is 0.277 e. The number of aliphatic hydroxyl groups is 2. The lowest BCUT2D eigenvalue weighted by atomic mass is 9.81. The Morgan fingerprint density at radius 1 is 0.950 bits per heavy atom. The monoisotopic (exact) mass is 554 g/mol. The minimum atomic E-state index is -1.54. The van der Waals surface area contributed by atoms with Gasteiger partial charge in [0.2, 0.25) is 5.91 Å². The van der Waals surface area contributed by atoms with Gasteiger partial charge in [0, 0.05) is 36.1 Å². The summed E-state index contributed by atoms with van der Waals surface area (Å²) in [6.45, 7) is 5.85. The molecule has 0 radical (unpaired) electrons. The van der Waals surface area contributed by atoms with Crippen molar-refractivity contribution >= 4 is 23.3 Å². The molecule has 0 heterocycles. The summed E-state index contributed by atoms with van der Waals surface area (Å²) >= 11 is 0. The number of aliphatic imine (C=N–C) groups is 1. The molecule has 0 aliphatic heterocycles. The van der Waals surface area contributed by atoms with Crippen LogP contribution in [-0.2, 0) is 11.2 Å². The van der Waals surface area contributed by atoms with E-state index in [2.05, 4.69) is 18.8 Å². The molecule has 0 aromatic heterocycles. The molecule has 0 saturated carbocycles. The molecule has 2 rings (SSSR count). The van der Waals surface area contributed by atoms with E-state index >= 15 is 0 Å². The fourth-order valence-electron chi connectivity index (χ4n) is 4.71. The van der Waals surface area contributed by atoms with Crippen LogP contribution in [0.15, 0.2) is 47.5 Å². The van der Waals surface area contributed by atoms with Crippen molar-refractivity contribution in [3.8, 4) is 5.75 Å². The summed E-state index contributed by atoms with van der Waals surface area (Å²) in [7, 11) is 1.36. The summed E-state index contributed by atoms with van der Waals surface area (Å²) in [5.41, 5.74) is 6.26. The third kappa shape index (κ3) is 9.36. The molecule has 2 aromatic rings. The van der Waals surface area contributed by atoms with Gasteiger partial charge in [0.1, 0.15) is 18.0 Å². The van der Waals surface area contributed by atoms with Crippen molar-refractivity contribution in [1.29, 1.82) is 0 Å². The number of nitrogens with zero attached hydrogens (tertiary/aromatic N) is 1. The van der Waals surface area contributed by atoms with Crippen LogP contribution in [0.2, 0.25) is 0 Å². The van der Waals surface area contributed by atoms with E-state index in [-0.39, 0.29) is 58.8 Å². The molecule has 0 fully saturated rings. The minimum Gasteiger partial charge on any atom is -0.508 e. The first-order valence-corrected chi connectivity index (χ1v) is 13.8. The molecule has 2 amide bonds. The Kier molecular flexibility index (Phi) is 13.1. The van der Waals surface area contributed by atoms with E-state index in [9.17, 15) is 29.7 Å². The van der Waals surface area contributed by atoms with Gasteiger partial charge in [-0.3, -0.25) is 14.4 Å². The minimum absolute atomic E-state index is 0.00255. The van der Waals surface area contributed by atoms with Gasteiger partial charge in [-0.05, 0) is 48.2 Å². The second-order valence-electron chi connectivity index (χ2n) is 10.2. The number of rotatable bonds is 16. The Balaban J connectivity index is 2.50. The number of ketones is 1. The average molecular weight is 555 g/mol. The van der Waals surface area contributed by atoms with Crippen LogP contribution in [0.25, 0.3) is 0 Å². The number of hydrogen-bond donors (Lipinski definition) is 4. The number of phenolic OH excluding ortho intramolecular Hbond substituents is 1. The molecule has 40 heavy (non-hydrogen) atoms. The summed E-state index contributed by atoms with van der Waals surface area (Å²) in [6, 6.07) is 10.2. The second kappa shape index (κ2) is 16.0. The van der Waals surface area contributed by atoms with E-state index in [0.717, 1.165) is 32.1 Å². The zero-order valence-electron chi connectivity index (χ0n) is 23.8. The lowest BCUT2D eigenvalue weighted by Gasteiger charge is -2.23. The van der Waals surface area contributed by atoms with Crippen molar-refractivity contribution in [1.82, 2.24) is 0 Å². The van der Waals surface area contributed by atoms with Crippen LogP contribution in [0, 0.1) is 11.8 Å². The van der Waals surface area contributed by atoms with Gasteiger partial charge in [-0.15, -0.1) is 0 Å². The maximum atomic E-state index is 13.5. The number of unbranched alkanes of at least 4 members (excludes halogenated alkanes) is 1. The Labute approximate surface area is 236 Å². The molecule has 0 saturated heterocycles. The fourth-order valence-corrected chi connectivity index (χ4v) is 4.71. The smallest absolute Gasteiger partial charge is 0.277 e. The SMILES string of the molecule is CCCCC(CCC)C(C)C(=O)c1cc(C(N)=O)cc(C(=O)N=C(Cc2ccc(O)cc2)C(O)C(O)COC)c1. The van der Waals surface area contributed by atoms with Gasteiger partial charge in [0.05, 0.1) is 12.3 Å². The highest BCUT2D eigenvalue weighted by Gasteiger charge is 2.27.